The van der Waals surface area contributed by atoms with Crippen LogP contribution in [0.5, 0.6) is 11.5 Å². The summed E-state index contributed by atoms with van der Waals surface area (Å²) in [6, 6.07) is 19.9. The molecular formula is C36H41N9O3. The first-order chi connectivity index (χ1) is 23.3. The summed E-state index contributed by atoms with van der Waals surface area (Å²) in [7, 11) is 0. The van der Waals surface area contributed by atoms with Crippen molar-refractivity contribution in [1.29, 1.82) is 5.26 Å². The fourth-order valence-electron chi connectivity index (χ4n) is 6.95. The molecule has 3 fully saturated rings. The molecule has 2 N–H and O–H groups in total. The molecule has 48 heavy (non-hydrogen) atoms. The van der Waals surface area contributed by atoms with Crippen LogP contribution in [0.15, 0.2) is 72.6 Å². The van der Waals surface area contributed by atoms with Crippen molar-refractivity contribution >= 4 is 22.8 Å². The average Bonchev–Trinajstić information content (AvgIpc) is 3.48. The SMILES string of the molecule is CC(C)(C=C(C#N)C(=O)N1CCC[C@@H](n2nc(-c3ccc(Oc4ccccc4)cc3)c3c(N)ncnc32)C1)N1CCN(C2COC2)CC1. The Bertz CT molecular complexity index is 1840. The minimum atomic E-state index is -0.443. The van der Waals surface area contributed by atoms with E-state index >= 15 is 0 Å². The van der Waals surface area contributed by atoms with Gasteiger partial charge in [0.25, 0.3) is 5.91 Å². The number of likely N-dealkylation sites (tertiary alicyclic amines) is 1. The summed E-state index contributed by atoms with van der Waals surface area (Å²) < 4.78 is 13.2. The van der Waals surface area contributed by atoms with E-state index < -0.39 is 5.54 Å². The van der Waals surface area contributed by atoms with E-state index in [0.29, 0.717) is 47.4 Å². The van der Waals surface area contributed by atoms with Crippen molar-refractivity contribution < 1.29 is 14.3 Å². The van der Waals surface area contributed by atoms with Crippen LogP contribution >= 0.6 is 0 Å². The molecule has 1 atom stereocenters. The monoisotopic (exact) mass is 647 g/mol. The normalized spacial score (nSPS) is 20.0. The molecule has 0 spiro atoms. The average molecular weight is 648 g/mol. The van der Waals surface area contributed by atoms with Gasteiger partial charge in [0, 0.05) is 50.4 Å². The number of aromatic nitrogens is 4. The molecule has 2 aromatic heterocycles. The number of nitrogens with zero attached hydrogens (tertiary/aromatic N) is 8. The summed E-state index contributed by atoms with van der Waals surface area (Å²) in [5.74, 6) is 1.55. The molecule has 3 aliphatic heterocycles. The Kier molecular flexibility index (Phi) is 8.83. The molecular weight excluding hydrogens is 606 g/mol. The van der Waals surface area contributed by atoms with E-state index in [-0.39, 0.29) is 17.5 Å². The molecule has 3 aliphatic rings. The summed E-state index contributed by atoms with van der Waals surface area (Å²) in [4.78, 5) is 29.3. The molecule has 5 heterocycles. The van der Waals surface area contributed by atoms with Gasteiger partial charge in [0.2, 0.25) is 0 Å². The van der Waals surface area contributed by atoms with Crippen LogP contribution in [0, 0.1) is 11.3 Å². The number of carbonyl (C=O) groups is 1. The lowest BCUT2D eigenvalue weighted by molar-refractivity contribution is -0.128. The van der Waals surface area contributed by atoms with Gasteiger partial charge in [-0.1, -0.05) is 18.2 Å². The highest BCUT2D eigenvalue weighted by Crippen LogP contribution is 2.35. The van der Waals surface area contributed by atoms with Crippen molar-refractivity contribution in [2.45, 2.75) is 44.3 Å². The first kappa shape index (κ1) is 31.8. The van der Waals surface area contributed by atoms with Gasteiger partial charge < -0.3 is 20.1 Å². The second kappa shape index (κ2) is 13.4. The van der Waals surface area contributed by atoms with Crippen molar-refractivity contribution in [2.24, 2.45) is 0 Å². The molecule has 12 heteroatoms. The summed E-state index contributed by atoms with van der Waals surface area (Å²) in [6.45, 7) is 10.4. The maximum Gasteiger partial charge on any atom is 0.264 e. The van der Waals surface area contributed by atoms with E-state index in [1.165, 1.54) is 6.33 Å². The van der Waals surface area contributed by atoms with Gasteiger partial charge in [-0.15, -0.1) is 0 Å². The van der Waals surface area contributed by atoms with E-state index in [0.717, 1.165) is 63.5 Å². The number of carbonyl (C=O) groups excluding carboxylic acids is 1. The Hall–Kier alpha value is -4.83. The molecule has 248 valence electrons. The molecule has 3 saturated heterocycles. The van der Waals surface area contributed by atoms with Crippen molar-refractivity contribution in [3.8, 4) is 28.8 Å². The lowest BCUT2D eigenvalue weighted by atomic mass is 9.96. The summed E-state index contributed by atoms with van der Waals surface area (Å²) in [5.41, 5.74) is 8.27. The number of amides is 1. The van der Waals surface area contributed by atoms with Crippen LogP contribution in [0.25, 0.3) is 22.3 Å². The molecule has 0 aliphatic carbocycles. The van der Waals surface area contributed by atoms with Crippen LogP contribution in [0.4, 0.5) is 5.82 Å². The molecule has 1 amide bonds. The fourth-order valence-corrected chi connectivity index (χ4v) is 6.95. The molecule has 0 bridgehead atoms. The van der Waals surface area contributed by atoms with Gasteiger partial charge in [-0.25, -0.2) is 14.6 Å². The quantitative estimate of drug-likeness (QED) is 0.218. The zero-order valence-electron chi connectivity index (χ0n) is 27.5. The van der Waals surface area contributed by atoms with Crippen LogP contribution < -0.4 is 10.5 Å². The Morgan fingerprint density at radius 1 is 1.00 bits per heavy atom. The zero-order chi connectivity index (χ0) is 33.3. The van der Waals surface area contributed by atoms with Gasteiger partial charge in [-0.2, -0.15) is 10.4 Å². The summed E-state index contributed by atoms with van der Waals surface area (Å²) in [6.07, 6.45) is 4.87. The molecule has 0 radical (unpaired) electrons. The van der Waals surface area contributed by atoms with Gasteiger partial charge in [-0.05, 0) is 69.2 Å². The number of para-hydroxylation sites is 1. The molecule has 2 aromatic carbocycles. The number of piperazine rings is 1. The van der Waals surface area contributed by atoms with Crippen LogP contribution in [0.3, 0.4) is 0 Å². The smallest absolute Gasteiger partial charge is 0.264 e. The number of rotatable bonds is 8. The summed E-state index contributed by atoms with van der Waals surface area (Å²) >= 11 is 0. The predicted molar refractivity (Wildman–Crippen MR) is 182 cm³/mol. The molecule has 12 nitrogen and oxygen atoms in total. The van der Waals surface area contributed by atoms with E-state index in [2.05, 4.69) is 39.7 Å². The highest BCUT2D eigenvalue weighted by atomic mass is 16.5. The van der Waals surface area contributed by atoms with Crippen LogP contribution in [-0.4, -0.2) is 104 Å². The van der Waals surface area contributed by atoms with E-state index in [1.54, 1.807) is 4.90 Å². The van der Waals surface area contributed by atoms with Gasteiger partial charge in [0.1, 0.15) is 41.0 Å². The Labute approximate surface area is 280 Å². The number of nitrogens with two attached hydrogens (primary N) is 1. The van der Waals surface area contributed by atoms with Crippen molar-refractivity contribution in [2.75, 3.05) is 58.2 Å². The molecule has 0 unspecified atom stereocenters. The lowest BCUT2D eigenvalue weighted by Crippen LogP contribution is -2.59. The number of piperidine rings is 1. The zero-order valence-corrected chi connectivity index (χ0v) is 27.5. The second-order valence-corrected chi connectivity index (χ2v) is 13.3. The third-order valence-corrected chi connectivity index (χ3v) is 9.77. The number of benzene rings is 2. The topological polar surface area (TPSA) is 139 Å². The summed E-state index contributed by atoms with van der Waals surface area (Å²) in [5, 5.41) is 15.9. The standard InChI is InChI=1S/C36H41N9O3/c1-36(2,44-17-15-42(16-18-44)28-22-47-23-28)19-26(20-37)35(46)43-14-6-7-27(21-43)45-34-31(33(38)39-24-40-34)32(41-45)25-10-12-30(13-11-25)48-29-8-4-3-5-9-29/h3-5,8-13,19,24,27-28H,6-7,14-18,21-23H2,1-2H3,(H2,38,39,40)/t27-/m1/s1. The Balaban J connectivity index is 1.09. The maximum atomic E-state index is 13.9. The highest BCUT2D eigenvalue weighted by molar-refractivity contribution is 5.99. The van der Waals surface area contributed by atoms with E-state index in [4.69, 9.17) is 20.3 Å². The Morgan fingerprint density at radius 3 is 2.42 bits per heavy atom. The highest BCUT2D eigenvalue weighted by Gasteiger charge is 2.35. The largest absolute Gasteiger partial charge is 0.457 e. The van der Waals surface area contributed by atoms with Gasteiger partial charge >= 0.3 is 0 Å². The number of nitrogen functional groups attached to an aromatic ring is 1. The lowest BCUT2D eigenvalue weighted by Gasteiger charge is -2.46. The molecule has 0 saturated carbocycles. The fraction of sp³-hybridized carbons (Fsp3) is 0.417. The van der Waals surface area contributed by atoms with Crippen molar-refractivity contribution in [1.82, 2.24) is 34.4 Å². The number of nitriles is 1. The van der Waals surface area contributed by atoms with Crippen molar-refractivity contribution in [3.05, 3.63) is 72.6 Å². The first-order valence-electron chi connectivity index (χ1n) is 16.6. The van der Waals surface area contributed by atoms with Gasteiger partial charge in [0.15, 0.2) is 5.65 Å². The van der Waals surface area contributed by atoms with E-state index in [9.17, 15) is 10.1 Å². The first-order valence-corrected chi connectivity index (χ1v) is 16.6. The Morgan fingerprint density at radius 2 is 1.73 bits per heavy atom. The second-order valence-electron chi connectivity index (χ2n) is 13.3. The number of anilines is 1. The van der Waals surface area contributed by atoms with E-state index in [1.807, 2.05) is 65.4 Å². The van der Waals surface area contributed by atoms with Crippen LogP contribution in [0.2, 0.25) is 0 Å². The van der Waals surface area contributed by atoms with Gasteiger partial charge in [-0.3, -0.25) is 14.6 Å². The minimum absolute atomic E-state index is 0.148. The number of hydrogen-bond acceptors (Lipinski definition) is 10. The third-order valence-electron chi connectivity index (χ3n) is 9.77. The minimum Gasteiger partial charge on any atom is -0.457 e. The van der Waals surface area contributed by atoms with Crippen LogP contribution in [0.1, 0.15) is 32.7 Å². The van der Waals surface area contributed by atoms with Crippen LogP contribution in [-0.2, 0) is 9.53 Å². The molecule has 7 rings (SSSR count). The predicted octanol–water partition coefficient (Wildman–Crippen LogP) is 4.28. The molecule has 4 aromatic rings. The number of hydrogen-bond donors (Lipinski definition) is 1. The van der Waals surface area contributed by atoms with Crippen molar-refractivity contribution in [3.63, 3.8) is 0 Å². The number of ether oxygens (including phenoxy) is 2. The maximum absolute atomic E-state index is 13.9. The third kappa shape index (κ3) is 6.36. The van der Waals surface area contributed by atoms with Gasteiger partial charge in [0.05, 0.1) is 30.7 Å². The number of fused-ring (bicyclic) bond motifs is 1.